The second-order valence-corrected chi connectivity index (χ2v) is 3.14. The van der Waals surface area contributed by atoms with Crippen LogP contribution in [0.25, 0.3) is 11.2 Å². The van der Waals surface area contributed by atoms with Gasteiger partial charge in [0.2, 0.25) is 0 Å². The highest BCUT2D eigenvalue weighted by atomic mass is 16.2. The third-order valence-corrected chi connectivity index (χ3v) is 1.90. The Bertz CT molecular complexity index is 476. The molecule has 0 aliphatic carbocycles. The SMILES string of the molecule is CC.CN(C)C(=O)n1cnc2cccnc21. The van der Waals surface area contributed by atoms with E-state index < -0.39 is 0 Å². The molecule has 0 saturated carbocycles. The van der Waals surface area contributed by atoms with Crippen molar-refractivity contribution in [1.82, 2.24) is 19.4 Å². The molecule has 2 rings (SSSR count). The standard InChI is InChI=1S/C9H10N4O.C2H6/c1-12(2)9(14)13-6-11-7-4-3-5-10-8(7)13;1-2/h3-6H,1-2H3;1-2H3. The monoisotopic (exact) mass is 220 g/mol. The van der Waals surface area contributed by atoms with E-state index in [-0.39, 0.29) is 6.03 Å². The van der Waals surface area contributed by atoms with Gasteiger partial charge in [-0.05, 0) is 12.1 Å². The zero-order chi connectivity index (χ0) is 12.1. The molecule has 2 heterocycles. The predicted molar refractivity (Wildman–Crippen MR) is 63.4 cm³/mol. The maximum atomic E-state index is 11.6. The Morgan fingerprint density at radius 3 is 2.62 bits per heavy atom. The van der Waals surface area contributed by atoms with Crippen LogP contribution in [0.2, 0.25) is 0 Å². The Morgan fingerprint density at radius 2 is 2.00 bits per heavy atom. The van der Waals surface area contributed by atoms with Gasteiger partial charge >= 0.3 is 6.03 Å². The highest BCUT2D eigenvalue weighted by molar-refractivity contribution is 5.86. The van der Waals surface area contributed by atoms with Gasteiger partial charge in [-0.2, -0.15) is 0 Å². The second kappa shape index (κ2) is 5.25. The molecule has 0 atom stereocenters. The molecule has 0 spiro atoms. The minimum absolute atomic E-state index is 0.147. The number of aromatic nitrogens is 3. The first-order valence-electron chi connectivity index (χ1n) is 5.20. The van der Waals surface area contributed by atoms with Crippen LogP contribution in [0.1, 0.15) is 13.8 Å². The fraction of sp³-hybridized carbons (Fsp3) is 0.364. The predicted octanol–water partition coefficient (Wildman–Crippen LogP) is 1.99. The molecule has 0 radical (unpaired) electrons. The summed E-state index contributed by atoms with van der Waals surface area (Å²) in [6.07, 6.45) is 3.13. The van der Waals surface area contributed by atoms with Gasteiger partial charge < -0.3 is 4.90 Å². The first-order chi connectivity index (χ1) is 7.70. The largest absolute Gasteiger partial charge is 0.330 e. The molecule has 0 N–H and O–H groups in total. The molecular formula is C11H16N4O. The van der Waals surface area contributed by atoms with Crippen LogP contribution in [0, 0.1) is 0 Å². The lowest BCUT2D eigenvalue weighted by atomic mass is 10.4. The Labute approximate surface area is 94.7 Å². The van der Waals surface area contributed by atoms with E-state index in [1.807, 2.05) is 19.9 Å². The van der Waals surface area contributed by atoms with E-state index in [0.717, 1.165) is 5.52 Å². The van der Waals surface area contributed by atoms with Crippen LogP contribution in [-0.2, 0) is 0 Å². The molecule has 2 aromatic heterocycles. The molecule has 1 amide bonds. The normalized spacial score (nSPS) is 9.50. The molecule has 0 aliphatic heterocycles. The fourth-order valence-corrected chi connectivity index (χ4v) is 1.20. The third kappa shape index (κ3) is 2.18. The first-order valence-corrected chi connectivity index (χ1v) is 5.20. The molecule has 2 aromatic rings. The van der Waals surface area contributed by atoms with E-state index in [4.69, 9.17) is 0 Å². The van der Waals surface area contributed by atoms with Crippen LogP contribution in [0.15, 0.2) is 24.7 Å². The van der Waals surface area contributed by atoms with Gasteiger partial charge in [-0.25, -0.2) is 19.3 Å². The Balaban J connectivity index is 0.000000606. The number of fused-ring (bicyclic) bond motifs is 1. The van der Waals surface area contributed by atoms with Crippen LogP contribution in [0.3, 0.4) is 0 Å². The zero-order valence-electron chi connectivity index (χ0n) is 10.0. The molecule has 5 heteroatoms. The topological polar surface area (TPSA) is 51.0 Å². The van der Waals surface area contributed by atoms with Gasteiger partial charge in [0.15, 0.2) is 5.65 Å². The average Bonchev–Trinajstić information content (AvgIpc) is 2.74. The summed E-state index contributed by atoms with van der Waals surface area (Å²) >= 11 is 0. The summed E-state index contributed by atoms with van der Waals surface area (Å²) in [6, 6.07) is 3.47. The molecule has 0 aliphatic rings. The second-order valence-electron chi connectivity index (χ2n) is 3.14. The van der Waals surface area contributed by atoms with Crippen LogP contribution < -0.4 is 0 Å². The van der Waals surface area contributed by atoms with Gasteiger partial charge in [0, 0.05) is 20.3 Å². The molecule has 0 saturated heterocycles. The fourth-order valence-electron chi connectivity index (χ4n) is 1.20. The number of carbonyl (C=O) groups is 1. The van der Waals surface area contributed by atoms with Crippen molar-refractivity contribution in [3.63, 3.8) is 0 Å². The summed E-state index contributed by atoms with van der Waals surface area (Å²) in [5.41, 5.74) is 1.31. The summed E-state index contributed by atoms with van der Waals surface area (Å²) in [6.45, 7) is 4.00. The molecule has 0 fully saturated rings. The lowest BCUT2D eigenvalue weighted by molar-refractivity contribution is 0.220. The van der Waals surface area contributed by atoms with Crippen LogP contribution in [-0.4, -0.2) is 39.6 Å². The van der Waals surface area contributed by atoms with Crippen molar-refractivity contribution < 1.29 is 4.79 Å². The van der Waals surface area contributed by atoms with E-state index >= 15 is 0 Å². The summed E-state index contributed by atoms with van der Waals surface area (Å²) in [4.78, 5) is 21.3. The summed E-state index contributed by atoms with van der Waals surface area (Å²) < 4.78 is 1.43. The van der Waals surface area contributed by atoms with E-state index in [9.17, 15) is 4.79 Å². The highest BCUT2D eigenvalue weighted by Crippen LogP contribution is 2.08. The number of rotatable bonds is 0. The molecule has 0 unspecified atom stereocenters. The van der Waals surface area contributed by atoms with Gasteiger partial charge in [0.1, 0.15) is 11.8 Å². The maximum absolute atomic E-state index is 11.6. The Morgan fingerprint density at radius 1 is 1.31 bits per heavy atom. The number of hydrogen-bond acceptors (Lipinski definition) is 3. The van der Waals surface area contributed by atoms with Crippen LogP contribution in [0.5, 0.6) is 0 Å². The molecule has 5 nitrogen and oxygen atoms in total. The summed E-state index contributed by atoms with van der Waals surface area (Å²) in [5.74, 6) is 0. The first kappa shape index (κ1) is 12.2. The van der Waals surface area contributed by atoms with E-state index in [1.165, 1.54) is 15.8 Å². The highest BCUT2D eigenvalue weighted by Gasteiger charge is 2.11. The average molecular weight is 220 g/mol. The maximum Gasteiger partial charge on any atom is 0.330 e. The molecule has 86 valence electrons. The van der Waals surface area contributed by atoms with Crippen LogP contribution in [0.4, 0.5) is 4.79 Å². The van der Waals surface area contributed by atoms with Crippen molar-refractivity contribution in [3.05, 3.63) is 24.7 Å². The van der Waals surface area contributed by atoms with Gasteiger partial charge in [-0.3, -0.25) is 0 Å². The number of amides is 1. The number of nitrogens with zero attached hydrogens (tertiary/aromatic N) is 4. The van der Waals surface area contributed by atoms with Crippen molar-refractivity contribution in [2.45, 2.75) is 13.8 Å². The minimum atomic E-state index is -0.147. The van der Waals surface area contributed by atoms with Gasteiger partial charge in [0.05, 0.1) is 0 Å². The zero-order valence-corrected chi connectivity index (χ0v) is 10.0. The lowest BCUT2D eigenvalue weighted by Gasteiger charge is -2.09. The Kier molecular flexibility index (Phi) is 3.99. The summed E-state index contributed by atoms with van der Waals surface area (Å²) in [7, 11) is 3.38. The van der Waals surface area contributed by atoms with Crippen LogP contribution >= 0.6 is 0 Å². The minimum Gasteiger partial charge on any atom is -0.330 e. The van der Waals surface area contributed by atoms with E-state index in [2.05, 4.69) is 9.97 Å². The van der Waals surface area contributed by atoms with Gasteiger partial charge in [0.25, 0.3) is 0 Å². The molecule has 0 aromatic carbocycles. The Hall–Kier alpha value is -1.91. The number of pyridine rings is 1. The van der Waals surface area contributed by atoms with E-state index in [0.29, 0.717) is 5.65 Å². The number of carbonyl (C=O) groups excluding carboxylic acids is 1. The van der Waals surface area contributed by atoms with Gasteiger partial charge in [-0.1, -0.05) is 13.8 Å². The quantitative estimate of drug-likeness (QED) is 0.682. The van der Waals surface area contributed by atoms with E-state index in [1.54, 1.807) is 26.4 Å². The molecule has 0 bridgehead atoms. The lowest BCUT2D eigenvalue weighted by Crippen LogP contribution is -2.26. The van der Waals surface area contributed by atoms with Crippen molar-refractivity contribution in [2.75, 3.05) is 14.1 Å². The van der Waals surface area contributed by atoms with Crippen molar-refractivity contribution in [1.29, 1.82) is 0 Å². The summed E-state index contributed by atoms with van der Waals surface area (Å²) in [5, 5.41) is 0. The molecule has 16 heavy (non-hydrogen) atoms. The van der Waals surface area contributed by atoms with Crippen molar-refractivity contribution in [2.24, 2.45) is 0 Å². The van der Waals surface area contributed by atoms with Crippen molar-refractivity contribution in [3.8, 4) is 0 Å². The number of hydrogen-bond donors (Lipinski definition) is 0. The van der Waals surface area contributed by atoms with Gasteiger partial charge in [-0.15, -0.1) is 0 Å². The number of imidazole rings is 1. The van der Waals surface area contributed by atoms with Crippen molar-refractivity contribution >= 4 is 17.2 Å². The third-order valence-electron chi connectivity index (χ3n) is 1.90. The molecular weight excluding hydrogens is 204 g/mol. The smallest absolute Gasteiger partial charge is 0.330 e.